The van der Waals surface area contributed by atoms with Crippen molar-refractivity contribution >= 4 is 34.8 Å². The number of halogens is 1. The lowest BCUT2D eigenvalue weighted by atomic mass is 10.1. The highest BCUT2D eigenvalue weighted by molar-refractivity contribution is 6.32. The third-order valence-corrected chi connectivity index (χ3v) is 4.77. The highest BCUT2D eigenvalue weighted by Gasteiger charge is 2.21. The quantitative estimate of drug-likeness (QED) is 0.733. The number of nitrogens with one attached hydrogen (secondary N) is 1. The molecule has 0 aromatic heterocycles. The third-order valence-electron chi connectivity index (χ3n) is 4.47. The summed E-state index contributed by atoms with van der Waals surface area (Å²) < 4.78 is 5.64. The normalized spacial score (nSPS) is 13.9. The molecule has 3 rings (SSSR count). The molecule has 0 spiro atoms. The Balaban J connectivity index is 1.56. The van der Waals surface area contributed by atoms with E-state index in [0.717, 1.165) is 24.2 Å². The van der Waals surface area contributed by atoms with Crippen molar-refractivity contribution in [1.29, 1.82) is 0 Å². The predicted octanol–water partition coefficient (Wildman–Crippen LogP) is 4.68. The molecule has 0 saturated carbocycles. The minimum Gasteiger partial charge on any atom is -0.492 e. The zero-order valence-corrected chi connectivity index (χ0v) is 17.0. The molecule has 1 aliphatic heterocycles. The number of carbonyl (C=O) groups excluding carboxylic acids is 2. The number of ether oxygens (including phenoxy) is 1. The third kappa shape index (κ3) is 5.26. The maximum atomic E-state index is 12.3. The van der Waals surface area contributed by atoms with Crippen molar-refractivity contribution in [3.05, 3.63) is 53.1 Å². The summed E-state index contributed by atoms with van der Waals surface area (Å²) in [6, 6.07) is 12.8. The van der Waals surface area contributed by atoms with Crippen LogP contribution in [0.5, 0.6) is 5.75 Å². The van der Waals surface area contributed by atoms with Crippen molar-refractivity contribution in [2.45, 2.75) is 33.1 Å². The van der Waals surface area contributed by atoms with E-state index < -0.39 is 0 Å². The van der Waals surface area contributed by atoms with Crippen LogP contribution in [0.4, 0.5) is 11.4 Å². The van der Waals surface area contributed by atoms with Crippen LogP contribution in [-0.4, -0.2) is 25.0 Å². The Morgan fingerprint density at radius 3 is 2.57 bits per heavy atom. The van der Waals surface area contributed by atoms with Gasteiger partial charge in [0.2, 0.25) is 11.8 Å². The number of amides is 2. The molecule has 5 nitrogen and oxygen atoms in total. The van der Waals surface area contributed by atoms with Gasteiger partial charge in [0.25, 0.3) is 0 Å². The van der Waals surface area contributed by atoms with Gasteiger partial charge in [-0.3, -0.25) is 9.59 Å². The molecule has 0 atom stereocenters. The summed E-state index contributed by atoms with van der Waals surface area (Å²) in [6.45, 7) is 5.48. The van der Waals surface area contributed by atoms with E-state index in [4.69, 9.17) is 16.3 Å². The lowest BCUT2D eigenvalue weighted by Crippen LogP contribution is -2.23. The molecule has 0 aliphatic carbocycles. The number of benzene rings is 2. The van der Waals surface area contributed by atoms with Gasteiger partial charge in [0.05, 0.1) is 18.1 Å². The molecule has 0 bridgehead atoms. The molecule has 2 amide bonds. The molecule has 148 valence electrons. The van der Waals surface area contributed by atoms with Crippen molar-refractivity contribution in [3.8, 4) is 5.75 Å². The largest absolute Gasteiger partial charge is 0.492 e. The van der Waals surface area contributed by atoms with Crippen molar-refractivity contribution in [2.75, 3.05) is 23.4 Å². The number of hydrogen-bond acceptors (Lipinski definition) is 3. The second-order valence-electron chi connectivity index (χ2n) is 7.39. The van der Waals surface area contributed by atoms with Gasteiger partial charge >= 0.3 is 0 Å². The van der Waals surface area contributed by atoms with Gasteiger partial charge in [-0.15, -0.1) is 0 Å². The summed E-state index contributed by atoms with van der Waals surface area (Å²) >= 11 is 6.24. The van der Waals surface area contributed by atoms with Crippen LogP contribution in [0.3, 0.4) is 0 Å². The number of rotatable bonds is 7. The molecule has 0 unspecified atom stereocenters. The number of hydrogen-bond donors (Lipinski definition) is 1. The van der Waals surface area contributed by atoms with Crippen molar-refractivity contribution in [3.63, 3.8) is 0 Å². The fraction of sp³-hybridized carbons (Fsp3) is 0.364. The molecule has 2 aromatic carbocycles. The monoisotopic (exact) mass is 400 g/mol. The summed E-state index contributed by atoms with van der Waals surface area (Å²) in [5, 5.41) is 3.33. The molecule has 2 aromatic rings. The second kappa shape index (κ2) is 9.11. The standard InChI is InChI=1S/C22H25ClN2O3/c1-15(2)14-28-20-10-7-17(13-19(20)23)24-21(26)12-16-5-8-18(9-6-16)25-11-3-4-22(25)27/h5-10,13,15H,3-4,11-12,14H2,1-2H3,(H,24,26). The van der Waals surface area contributed by atoms with E-state index in [1.165, 1.54) is 0 Å². The molecule has 6 heteroatoms. The summed E-state index contributed by atoms with van der Waals surface area (Å²) in [5.74, 6) is 1.05. The summed E-state index contributed by atoms with van der Waals surface area (Å²) in [6.07, 6.45) is 1.75. The Bertz CT molecular complexity index is 849. The Morgan fingerprint density at radius 2 is 1.96 bits per heavy atom. The summed E-state index contributed by atoms with van der Waals surface area (Å²) in [5.41, 5.74) is 2.40. The molecular weight excluding hydrogens is 376 g/mol. The fourth-order valence-electron chi connectivity index (χ4n) is 3.06. The topological polar surface area (TPSA) is 58.6 Å². The van der Waals surface area contributed by atoms with E-state index in [2.05, 4.69) is 19.2 Å². The van der Waals surface area contributed by atoms with Crippen LogP contribution < -0.4 is 15.0 Å². The van der Waals surface area contributed by atoms with Crippen LogP contribution in [-0.2, 0) is 16.0 Å². The average Bonchev–Trinajstić information content (AvgIpc) is 3.07. The fourth-order valence-corrected chi connectivity index (χ4v) is 3.29. The molecule has 1 N–H and O–H groups in total. The van der Waals surface area contributed by atoms with Crippen molar-refractivity contribution in [1.82, 2.24) is 0 Å². The first kappa shape index (κ1) is 20.2. The maximum Gasteiger partial charge on any atom is 0.228 e. The Morgan fingerprint density at radius 1 is 1.21 bits per heavy atom. The van der Waals surface area contributed by atoms with Gasteiger partial charge in [-0.1, -0.05) is 37.6 Å². The summed E-state index contributed by atoms with van der Waals surface area (Å²) in [7, 11) is 0. The molecule has 28 heavy (non-hydrogen) atoms. The van der Waals surface area contributed by atoms with Crippen molar-refractivity contribution in [2.24, 2.45) is 5.92 Å². The lowest BCUT2D eigenvalue weighted by Gasteiger charge is -2.16. The van der Waals surface area contributed by atoms with Gasteiger partial charge in [0.1, 0.15) is 5.75 Å². The molecular formula is C22H25ClN2O3. The Hall–Kier alpha value is -2.53. The number of anilines is 2. The van der Waals surface area contributed by atoms with Crippen LogP contribution in [0.15, 0.2) is 42.5 Å². The molecule has 0 radical (unpaired) electrons. The Labute approximate surface area is 170 Å². The van der Waals surface area contributed by atoms with Crippen LogP contribution in [0.2, 0.25) is 5.02 Å². The van der Waals surface area contributed by atoms with Crippen LogP contribution in [0, 0.1) is 5.92 Å². The van der Waals surface area contributed by atoms with Crippen LogP contribution >= 0.6 is 11.6 Å². The van der Waals surface area contributed by atoms with E-state index in [-0.39, 0.29) is 18.2 Å². The van der Waals surface area contributed by atoms with Gasteiger partial charge in [-0.05, 0) is 48.2 Å². The van der Waals surface area contributed by atoms with Crippen LogP contribution in [0.25, 0.3) is 0 Å². The van der Waals surface area contributed by atoms with Crippen molar-refractivity contribution < 1.29 is 14.3 Å². The van der Waals surface area contributed by atoms with Gasteiger partial charge in [-0.25, -0.2) is 0 Å². The molecule has 1 aliphatic rings. The van der Waals surface area contributed by atoms with Gasteiger partial charge in [-0.2, -0.15) is 0 Å². The molecule has 1 saturated heterocycles. The van der Waals surface area contributed by atoms with E-state index >= 15 is 0 Å². The highest BCUT2D eigenvalue weighted by atomic mass is 35.5. The number of carbonyl (C=O) groups is 2. The second-order valence-corrected chi connectivity index (χ2v) is 7.80. The number of nitrogens with zero attached hydrogens (tertiary/aromatic N) is 1. The molecule has 1 fully saturated rings. The SMILES string of the molecule is CC(C)COc1ccc(NC(=O)Cc2ccc(N3CCCC3=O)cc2)cc1Cl. The van der Waals surface area contributed by atoms with E-state index in [1.54, 1.807) is 23.1 Å². The minimum atomic E-state index is -0.128. The molecule has 1 heterocycles. The van der Waals surface area contributed by atoms with Crippen LogP contribution in [0.1, 0.15) is 32.3 Å². The predicted molar refractivity (Wildman–Crippen MR) is 112 cm³/mol. The van der Waals surface area contributed by atoms with E-state index in [1.807, 2.05) is 24.3 Å². The zero-order valence-electron chi connectivity index (χ0n) is 16.2. The first-order valence-corrected chi connectivity index (χ1v) is 9.91. The first-order chi connectivity index (χ1) is 13.4. The maximum absolute atomic E-state index is 12.3. The highest BCUT2D eigenvalue weighted by Crippen LogP contribution is 2.28. The van der Waals surface area contributed by atoms with E-state index in [9.17, 15) is 9.59 Å². The van der Waals surface area contributed by atoms with Gasteiger partial charge in [0, 0.05) is 24.3 Å². The average molecular weight is 401 g/mol. The lowest BCUT2D eigenvalue weighted by molar-refractivity contribution is -0.117. The zero-order chi connectivity index (χ0) is 20.1. The summed E-state index contributed by atoms with van der Waals surface area (Å²) in [4.78, 5) is 25.9. The van der Waals surface area contributed by atoms with E-state index in [0.29, 0.717) is 35.4 Å². The minimum absolute atomic E-state index is 0.128. The smallest absolute Gasteiger partial charge is 0.228 e. The van der Waals surface area contributed by atoms with Gasteiger partial charge in [0.15, 0.2) is 0 Å². The first-order valence-electron chi connectivity index (χ1n) is 9.54. The van der Waals surface area contributed by atoms with Gasteiger partial charge < -0.3 is 15.0 Å². The Kier molecular flexibility index (Phi) is 6.57.